The van der Waals surface area contributed by atoms with Crippen LogP contribution in [0.5, 0.6) is 0 Å². The third-order valence-electron chi connectivity index (χ3n) is 7.96. The van der Waals surface area contributed by atoms with E-state index in [1.165, 1.54) is 30.1 Å². The first kappa shape index (κ1) is 23.9. The van der Waals surface area contributed by atoms with Crippen LogP contribution in [0.4, 0.5) is 11.4 Å². The molecule has 3 aliphatic rings. The summed E-state index contributed by atoms with van der Waals surface area (Å²) < 4.78 is 5.04. The lowest BCUT2D eigenvalue weighted by Crippen LogP contribution is -2.65. The van der Waals surface area contributed by atoms with Crippen LogP contribution in [0, 0.1) is 38.2 Å². The summed E-state index contributed by atoms with van der Waals surface area (Å²) in [6, 6.07) is 14.7. The molecule has 2 aromatic carbocycles. The van der Waals surface area contributed by atoms with Crippen LogP contribution >= 0.6 is 0 Å². The van der Waals surface area contributed by atoms with Crippen LogP contribution in [-0.2, 0) is 30.0 Å². The summed E-state index contributed by atoms with van der Waals surface area (Å²) in [4.78, 5) is 55.8. The molecule has 2 aliphatic heterocycles. The average molecular weight is 499 g/mol. The van der Waals surface area contributed by atoms with Gasteiger partial charge in [-0.25, -0.2) is 0 Å². The number of carbonyl (C=O) groups is 3. The van der Waals surface area contributed by atoms with E-state index in [2.05, 4.69) is 0 Å². The Morgan fingerprint density at radius 3 is 2.27 bits per heavy atom. The zero-order chi connectivity index (χ0) is 26.8. The quantitative estimate of drug-likeness (QED) is 0.350. The number of fused-ring (bicyclic) bond motifs is 5. The maximum atomic E-state index is 14.6. The van der Waals surface area contributed by atoms with Crippen molar-refractivity contribution in [1.82, 2.24) is 0 Å². The minimum Gasteiger partial charge on any atom is -0.465 e. The monoisotopic (exact) mass is 499 g/mol. The number of carbonyl (C=O) groups excluding carboxylic acids is 3. The average Bonchev–Trinajstić information content (AvgIpc) is 3.41. The summed E-state index contributed by atoms with van der Waals surface area (Å²) in [5, 5.41) is 33.6. The van der Waals surface area contributed by atoms with E-state index in [1.54, 1.807) is 37.3 Å². The fourth-order valence-corrected chi connectivity index (χ4v) is 6.71. The molecule has 37 heavy (non-hydrogen) atoms. The van der Waals surface area contributed by atoms with Gasteiger partial charge < -0.3 is 9.64 Å². The molecule has 0 radical (unpaired) electrons. The molecule has 3 atom stereocenters. The highest BCUT2D eigenvalue weighted by Crippen LogP contribution is 2.71. The van der Waals surface area contributed by atoms with Gasteiger partial charge in [-0.1, -0.05) is 36.4 Å². The lowest BCUT2D eigenvalue weighted by Gasteiger charge is -2.42. The van der Waals surface area contributed by atoms with Gasteiger partial charge in [-0.3, -0.25) is 29.4 Å². The molecule has 11 nitrogen and oxygen atoms in total. The van der Waals surface area contributed by atoms with Gasteiger partial charge >= 0.3 is 5.97 Å². The lowest BCUT2D eigenvalue weighted by molar-refractivity contribution is -0.529. The second-order valence-electron chi connectivity index (χ2n) is 9.29. The van der Waals surface area contributed by atoms with Gasteiger partial charge in [-0.05, 0) is 30.2 Å². The smallest absolute Gasteiger partial charge is 0.326 e. The molecule has 11 heteroatoms. The molecule has 5 rings (SSSR count). The summed E-state index contributed by atoms with van der Waals surface area (Å²) in [7, 11) is 1.45. The fraction of sp³-hybridized carbons (Fsp3) is 0.346. The highest BCUT2D eigenvalue weighted by Gasteiger charge is 2.88. The maximum absolute atomic E-state index is 14.6. The Kier molecular flexibility index (Phi) is 5.09. The van der Waals surface area contributed by atoms with E-state index < -0.39 is 58.0 Å². The summed E-state index contributed by atoms with van der Waals surface area (Å²) in [6.07, 6.45) is -0.658. The SMILES string of the molecule is CCOC(=O)CN1C(=O)C2(c3ccccc31)C([N+](=O)[O-])CC(C#N)(C#N)C21C(=O)N(C)c2ccccc21. The van der Waals surface area contributed by atoms with Gasteiger partial charge in [0.25, 0.3) is 0 Å². The predicted octanol–water partition coefficient (Wildman–Crippen LogP) is 1.83. The highest BCUT2D eigenvalue weighted by molar-refractivity contribution is 6.21. The lowest BCUT2D eigenvalue weighted by atomic mass is 9.51. The maximum Gasteiger partial charge on any atom is 0.326 e. The molecule has 0 saturated heterocycles. The second kappa shape index (κ2) is 7.87. The molecule has 2 heterocycles. The fourth-order valence-electron chi connectivity index (χ4n) is 6.71. The number of ether oxygens (including phenoxy) is 1. The van der Waals surface area contributed by atoms with Crippen LogP contribution in [0.15, 0.2) is 48.5 Å². The summed E-state index contributed by atoms with van der Waals surface area (Å²) in [5.41, 5.74) is -5.93. The van der Waals surface area contributed by atoms with E-state index in [4.69, 9.17) is 4.74 Å². The minimum atomic E-state index is -2.27. The van der Waals surface area contributed by atoms with E-state index >= 15 is 0 Å². The Morgan fingerprint density at radius 2 is 1.68 bits per heavy atom. The number of likely N-dealkylation sites (N-methyl/N-ethyl adjacent to an activating group) is 1. The first-order valence-corrected chi connectivity index (χ1v) is 11.6. The van der Waals surface area contributed by atoms with Crippen molar-refractivity contribution >= 4 is 29.2 Å². The number of esters is 1. The van der Waals surface area contributed by atoms with Crippen molar-refractivity contribution in [3.63, 3.8) is 0 Å². The summed E-state index contributed by atoms with van der Waals surface area (Å²) in [5.74, 6) is -2.40. The molecule has 1 aliphatic carbocycles. The number of para-hydroxylation sites is 2. The second-order valence-corrected chi connectivity index (χ2v) is 9.29. The van der Waals surface area contributed by atoms with Crippen molar-refractivity contribution in [2.75, 3.05) is 30.0 Å². The highest BCUT2D eigenvalue weighted by atomic mass is 16.6. The summed E-state index contributed by atoms with van der Waals surface area (Å²) in [6.45, 7) is 1.10. The van der Waals surface area contributed by atoms with Crippen molar-refractivity contribution in [3.05, 3.63) is 69.8 Å². The van der Waals surface area contributed by atoms with Crippen LogP contribution in [-0.4, -0.2) is 48.9 Å². The Hall–Kier alpha value is -4.77. The van der Waals surface area contributed by atoms with E-state index in [0.29, 0.717) is 5.69 Å². The first-order valence-electron chi connectivity index (χ1n) is 11.6. The Bertz CT molecular complexity index is 1460. The van der Waals surface area contributed by atoms with Crippen LogP contribution in [0.3, 0.4) is 0 Å². The number of rotatable bonds is 4. The third-order valence-corrected chi connectivity index (χ3v) is 7.96. The van der Waals surface area contributed by atoms with Gasteiger partial charge in [0.1, 0.15) is 12.0 Å². The molecule has 3 unspecified atom stereocenters. The Labute approximate surface area is 211 Å². The molecule has 1 saturated carbocycles. The van der Waals surface area contributed by atoms with E-state index in [-0.39, 0.29) is 23.4 Å². The number of nitriles is 2. The third kappa shape index (κ3) is 2.50. The number of anilines is 2. The number of benzene rings is 2. The van der Waals surface area contributed by atoms with Crippen molar-refractivity contribution in [3.8, 4) is 12.1 Å². The van der Waals surface area contributed by atoms with Crippen molar-refractivity contribution < 1.29 is 24.0 Å². The Morgan fingerprint density at radius 1 is 1.08 bits per heavy atom. The normalized spacial score (nSPS) is 26.6. The van der Waals surface area contributed by atoms with Crippen LogP contribution in [0.25, 0.3) is 0 Å². The molecule has 2 amide bonds. The van der Waals surface area contributed by atoms with E-state index in [1.807, 2.05) is 12.1 Å². The van der Waals surface area contributed by atoms with Crippen LogP contribution < -0.4 is 9.80 Å². The number of nitrogens with zero attached hydrogens (tertiary/aromatic N) is 5. The van der Waals surface area contributed by atoms with Crippen molar-refractivity contribution in [1.29, 1.82) is 10.5 Å². The molecular formula is C26H21N5O6. The van der Waals surface area contributed by atoms with Crippen molar-refractivity contribution in [2.24, 2.45) is 5.41 Å². The molecule has 1 fully saturated rings. The van der Waals surface area contributed by atoms with Crippen molar-refractivity contribution in [2.45, 2.75) is 30.2 Å². The summed E-state index contributed by atoms with van der Waals surface area (Å²) >= 11 is 0. The van der Waals surface area contributed by atoms with Crippen LogP contribution in [0.1, 0.15) is 24.5 Å². The first-order chi connectivity index (χ1) is 17.7. The van der Waals surface area contributed by atoms with Gasteiger partial charge in [0.2, 0.25) is 17.9 Å². The molecule has 0 N–H and O–H groups in total. The largest absolute Gasteiger partial charge is 0.465 e. The van der Waals surface area contributed by atoms with E-state index in [0.717, 1.165) is 4.90 Å². The number of nitro groups is 1. The van der Waals surface area contributed by atoms with Gasteiger partial charge in [-0.15, -0.1) is 0 Å². The van der Waals surface area contributed by atoms with E-state index in [9.17, 15) is 35.0 Å². The van der Waals surface area contributed by atoms with Gasteiger partial charge in [0.15, 0.2) is 10.8 Å². The van der Waals surface area contributed by atoms with Gasteiger partial charge in [0.05, 0.1) is 25.2 Å². The van der Waals surface area contributed by atoms with Gasteiger partial charge in [-0.2, -0.15) is 10.5 Å². The molecule has 0 aromatic heterocycles. The molecule has 186 valence electrons. The number of amides is 2. The molecule has 2 spiro atoms. The van der Waals surface area contributed by atoms with Crippen LogP contribution in [0.2, 0.25) is 0 Å². The number of hydrogen-bond donors (Lipinski definition) is 0. The zero-order valence-electron chi connectivity index (χ0n) is 20.0. The molecular weight excluding hydrogens is 478 g/mol. The Balaban J connectivity index is 1.95. The molecule has 0 bridgehead atoms. The zero-order valence-corrected chi connectivity index (χ0v) is 20.0. The topological polar surface area (TPSA) is 158 Å². The predicted molar refractivity (Wildman–Crippen MR) is 128 cm³/mol. The van der Waals surface area contributed by atoms with Gasteiger partial charge in [0, 0.05) is 23.3 Å². The molecule has 2 aromatic rings. The number of hydrogen-bond acceptors (Lipinski definition) is 8. The minimum absolute atomic E-state index is 0.0533. The standard InChI is InChI=1S/C26H21N5O6/c1-3-37-21(32)13-30-19-11-7-4-8-16(19)25(22(30)33)20(31(35)36)12-24(14-27,15-28)26(25)17-9-5-6-10-18(17)29(2)23(26)34/h4-11,20H,3,12-13H2,1-2H3.